The van der Waals surface area contributed by atoms with Crippen molar-refractivity contribution in [3.8, 4) is 0 Å². The summed E-state index contributed by atoms with van der Waals surface area (Å²) in [6.07, 6.45) is 0.0933. The number of carbonyl (C=O) groups is 1. The summed E-state index contributed by atoms with van der Waals surface area (Å²) in [6, 6.07) is 4.66. The Bertz CT molecular complexity index is 455. The highest BCUT2D eigenvalue weighted by atomic mass is 19.1. The molecule has 2 N–H and O–H groups in total. The second-order valence-electron chi connectivity index (χ2n) is 4.10. The van der Waals surface area contributed by atoms with Gasteiger partial charge in [-0.25, -0.2) is 9.18 Å². The van der Waals surface area contributed by atoms with Gasteiger partial charge < -0.3 is 10.1 Å². The molecule has 1 saturated heterocycles. The molecule has 0 aromatic heterocycles. The third kappa shape index (κ3) is 1.21. The van der Waals surface area contributed by atoms with Crippen molar-refractivity contribution in [1.82, 2.24) is 5.32 Å². The summed E-state index contributed by atoms with van der Waals surface area (Å²) in [5.74, 6) is -0.332. The van der Waals surface area contributed by atoms with Crippen molar-refractivity contribution in [1.29, 1.82) is 0 Å². The van der Waals surface area contributed by atoms with Gasteiger partial charge in [0.2, 0.25) is 0 Å². The molecule has 3 rings (SSSR count). The number of hydrogen-bond donors (Lipinski definition) is 2. The molecule has 1 fully saturated rings. The van der Waals surface area contributed by atoms with E-state index in [4.69, 9.17) is 4.74 Å². The molecule has 1 amide bonds. The fourth-order valence-electron chi connectivity index (χ4n) is 2.42. The van der Waals surface area contributed by atoms with Gasteiger partial charge in [0.1, 0.15) is 5.82 Å². The molecule has 2 aliphatic heterocycles. The standard InChI is InChI=1S/C11H11FN2O2/c12-7-2-1-3-8-9(7)11(4-5-13-6-11)16-10(15)14-8/h1-3,13H,4-6H2,(H,14,15). The fourth-order valence-corrected chi connectivity index (χ4v) is 2.42. The van der Waals surface area contributed by atoms with Crippen LogP contribution >= 0.6 is 0 Å². The Hall–Kier alpha value is -1.62. The lowest BCUT2D eigenvalue weighted by atomic mass is 9.89. The molecule has 1 aromatic rings. The zero-order valence-electron chi connectivity index (χ0n) is 8.55. The molecule has 1 aromatic carbocycles. The van der Waals surface area contributed by atoms with E-state index in [1.807, 2.05) is 0 Å². The first-order valence-corrected chi connectivity index (χ1v) is 5.21. The van der Waals surface area contributed by atoms with Gasteiger partial charge in [0.05, 0.1) is 11.3 Å². The molecule has 1 spiro atoms. The highest BCUT2D eigenvalue weighted by molar-refractivity contribution is 5.89. The Morgan fingerprint density at radius 3 is 3.06 bits per heavy atom. The molecule has 0 radical (unpaired) electrons. The van der Waals surface area contributed by atoms with Crippen LogP contribution < -0.4 is 10.6 Å². The van der Waals surface area contributed by atoms with E-state index in [1.54, 1.807) is 12.1 Å². The normalized spacial score (nSPS) is 27.4. The molecule has 1 unspecified atom stereocenters. The van der Waals surface area contributed by atoms with Crippen LogP contribution in [0.15, 0.2) is 18.2 Å². The number of hydrogen-bond acceptors (Lipinski definition) is 3. The summed E-state index contributed by atoms with van der Waals surface area (Å²) in [6.45, 7) is 1.19. The van der Waals surface area contributed by atoms with Gasteiger partial charge in [0.25, 0.3) is 0 Å². The van der Waals surface area contributed by atoms with Crippen LogP contribution in [0.5, 0.6) is 0 Å². The molecule has 16 heavy (non-hydrogen) atoms. The van der Waals surface area contributed by atoms with E-state index >= 15 is 0 Å². The van der Waals surface area contributed by atoms with Crippen LogP contribution in [0.4, 0.5) is 14.9 Å². The molecule has 0 bridgehead atoms. The first-order valence-electron chi connectivity index (χ1n) is 5.21. The Morgan fingerprint density at radius 1 is 1.44 bits per heavy atom. The molecule has 84 valence electrons. The van der Waals surface area contributed by atoms with Crippen LogP contribution in [0.2, 0.25) is 0 Å². The van der Waals surface area contributed by atoms with Crippen molar-refractivity contribution in [2.75, 3.05) is 18.4 Å². The lowest BCUT2D eigenvalue weighted by Gasteiger charge is -2.34. The van der Waals surface area contributed by atoms with E-state index in [0.717, 1.165) is 6.54 Å². The number of amides is 1. The number of benzene rings is 1. The third-order valence-corrected chi connectivity index (χ3v) is 3.11. The molecule has 4 nitrogen and oxygen atoms in total. The molecule has 5 heteroatoms. The highest BCUT2D eigenvalue weighted by Gasteiger charge is 2.46. The zero-order valence-corrected chi connectivity index (χ0v) is 8.55. The van der Waals surface area contributed by atoms with E-state index in [-0.39, 0.29) is 5.82 Å². The predicted molar refractivity (Wildman–Crippen MR) is 55.7 cm³/mol. The van der Waals surface area contributed by atoms with Gasteiger partial charge in [-0.2, -0.15) is 0 Å². The highest BCUT2D eigenvalue weighted by Crippen LogP contribution is 2.41. The number of ether oxygens (including phenoxy) is 1. The van der Waals surface area contributed by atoms with Gasteiger partial charge in [-0.05, 0) is 18.7 Å². The van der Waals surface area contributed by atoms with Gasteiger partial charge in [0.15, 0.2) is 5.60 Å². The van der Waals surface area contributed by atoms with Crippen molar-refractivity contribution in [3.05, 3.63) is 29.6 Å². The number of carbonyl (C=O) groups excluding carboxylic acids is 1. The number of rotatable bonds is 0. The Kier molecular flexibility index (Phi) is 1.91. The average Bonchev–Trinajstić information content (AvgIpc) is 2.66. The summed E-state index contributed by atoms with van der Waals surface area (Å²) in [4.78, 5) is 11.4. The van der Waals surface area contributed by atoms with Crippen LogP contribution in [0.3, 0.4) is 0 Å². The maximum atomic E-state index is 13.8. The second-order valence-corrected chi connectivity index (χ2v) is 4.10. The largest absolute Gasteiger partial charge is 0.436 e. The molecule has 1 atom stereocenters. The lowest BCUT2D eigenvalue weighted by Crippen LogP contribution is -2.41. The van der Waals surface area contributed by atoms with Crippen LogP contribution in [0, 0.1) is 5.82 Å². The van der Waals surface area contributed by atoms with Crippen molar-refractivity contribution in [3.63, 3.8) is 0 Å². The molecular formula is C11H11FN2O2. The Morgan fingerprint density at radius 2 is 2.31 bits per heavy atom. The van der Waals surface area contributed by atoms with Crippen LogP contribution in [-0.4, -0.2) is 19.2 Å². The van der Waals surface area contributed by atoms with E-state index in [2.05, 4.69) is 10.6 Å². The molecule has 0 saturated carbocycles. The third-order valence-electron chi connectivity index (χ3n) is 3.11. The second kappa shape index (κ2) is 3.18. The smallest absolute Gasteiger partial charge is 0.412 e. The SMILES string of the molecule is O=C1Nc2cccc(F)c2C2(CCNC2)O1. The van der Waals surface area contributed by atoms with Crippen molar-refractivity contribution in [2.45, 2.75) is 12.0 Å². The van der Waals surface area contributed by atoms with Gasteiger partial charge in [-0.15, -0.1) is 0 Å². The molecule has 0 aliphatic carbocycles. The minimum Gasteiger partial charge on any atom is -0.436 e. The monoisotopic (exact) mass is 222 g/mol. The maximum absolute atomic E-state index is 13.8. The first kappa shape index (κ1) is 9.59. The molecule has 2 heterocycles. The molecule has 2 aliphatic rings. The van der Waals surface area contributed by atoms with Gasteiger partial charge in [0, 0.05) is 13.0 Å². The van der Waals surface area contributed by atoms with E-state index < -0.39 is 11.7 Å². The quantitative estimate of drug-likeness (QED) is 0.700. The average molecular weight is 222 g/mol. The Labute approximate surface area is 91.8 Å². The van der Waals surface area contributed by atoms with Crippen molar-refractivity contribution in [2.24, 2.45) is 0 Å². The van der Waals surface area contributed by atoms with Gasteiger partial charge >= 0.3 is 6.09 Å². The van der Waals surface area contributed by atoms with Crippen molar-refractivity contribution < 1.29 is 13.9 Å². The van der Waals surface area contributed by atoms with Crippen LogP contribution in [0.1, 0.15) is 12.0 Å². The van der Waals surface area contributed by atoms with Crippen LogP contribution in [0.25, 0.3) is 0 Å². The van der Waals surface area contributed by atoms with Crippen LogP contribution in [-0.2, 0) is 10.3 Å². The zero-order chi connectivity index (χ0) is 11.2. The summed E-state index contributed by atoms with van der Waals surface area (Å²) < 4.78 is 19.1. The summed E-state index contributed by atoms with van der Waals surface area (Å²) >= 11 is 0. The predicted octanol–water partition coefficient (Wildman–Crippen LogP) is 1.58. The number of nitrogens with one attached hydrogen (secondary N) is 2. The van der Waals surface area contributed by atoms with Gasteiger partial charge in [-0.3, -0.25) is 5.32 Å². The first-order chi connectivity index (χ1) is 7.71. The fraction of sp³-hybridized carbons (Fsp3) is 0.364. The van der Waals surface area contributed by atoms with E-state index in [1.165, 1.54) is 6.07 Å². The van der Waals surface area contributed by atoms with E-state index in [0.29, 0.717) is 24.2 Å². The topological polar surface area (TPSA) is 50.4 Å². The van der Waals surface area contributed by atoms with E-state index in [9.17, 15) is 9.18 Å². The van der Waals surface area contributed by atoms with Gasteiger partial charge in [-0.1, -0.05) is 6.07 Å². The minimum atomic E-state index is -0.830. The minimum absolute atomic E-state index is 0.332. The number of anilines is 1. The summed E-state index contributed by atoms with van der Waals surface area (Å²) in [5, 5.41) is 5.62. The summed E-state index contributed by atoms with van der Waals surface area (Å²) in [5.41, 5.74) is 0.141. The lowest BCUT2D eigenvalue weighted by molar-refractivity contribution is 0.0250. The summed E-state index contributed by atoms with van der Waals surface area (Å²) in [7, 11) is 0. The maximum Gasteiger partial charge on any atom is 0.412 e. The number of halogens is 1. The molecular weight excluding hydrogens is 211 g/mol. The number of fused-ring (bicyclic) bond motifs is 2. The Balaban J connectivity index is 2.20. The van der Waals surface area contributed by atoms with Crippen molar-refractivity contribution >= 4 is 11.8 Å².